The molecule has 4 N–H and O–H groups in total. The molecular weight excluding hydrogens is 340 g/mol. The van der Waals surface area contributed by atoms with Crippen LogP contribution in [0, 0.1) is 0 Å². The van der Waals surface area contributed by atoms with Gasteiger partial charge in [-0.15, -0.1) is 0 Å². The summed E-state index contributed by atoms with van der Waals surface area (Å²) in [6.45, 7) is -0.419. The van der Waals surface area contributed by atoms with Crippen molar-refractivity contribution >= 4 is 30.7 Å². The molecule has 1 aromatic rings. The van der Waals surface area contributed by atoms with Crippen LogP contribution in [-0.2, 0) is 33.3 Å². The van der Waals surface area contributed by atoms with Crippen LogP contribution >= 0.6 is 0 Å². The highest BCUT2D eigenvalue weighted by Gasteiger charge is 2.18. The lowest BCUT2D eigenvalue weighted by atomic mass is 10.1. The van der Waals surface area contributed by atoms with E-state index >= 15 is 0 Å². The van der Waals surface area contributed by atoms with Crippen molar-refractivity contribution in [1.29, 1.82) is 0 Å². The van der Waals surface area contributed by atoms with Gasteiger partial charge in [-0.1, -0.05) is 24.3 Å². The minimum Gasteiger partial charge on any atom is -0.337 e. The molecule has 0 radical (unpaired) electrons. The summed E-state index contributed by atoms with van der Waals surface area (Å²) in [5.41, 5.74) is 0.881. The first kappa shape index (κ1) is 18.0. The first-order valence-corrected chi connectivity index (χ1v) is 8.46. The number of hydrogen-bond acceptors (Lipinski definition) is 6. The predicted octanol–water partition coefficient (Wildman–Crippen LogP) is -0.119. The molecule has 0 heterocycles. The highest BCUT2D eigenvalue weighted by Crippen LogP contribution is 2.06. The minimum absolute atomic E-state index is 0.210. The Hall–Kier alpha value is -2.02. The van der Waals surface area contributed by atoms with Crippen molar-refractivity contribution in [1.82, 2.24) is 10.6 Å². The van der Waals surface area contributed by atoms with Gasteiger partial charge in [0, 0.05) is 13.1 Å². The molecule has 22 heavy (non-hydrogen) atoms. The van der Waals surface area contributed by atoms with Gasteiger partial charge in [0.2, 0.25) is 0 Å². The van der Waals surface area contributed by atoms with Gasteiger partial charge in [-0.05, 0) is 11.1 Å². The third kappa shape index (κ3) is 5.77. The van der Waals surface area contributed by atoms with E-state index in [2.05, 4.69) is 0 Å². The van der Waals surface area contributed by atoms with Gasteiger partial charge >= 0.3 is 30.7 Å². The largest absolute Gasteiger partial charge is 0.363 e. The summed E-state index contributed by atoms with van der Waals surface area (Å²) in [5, 5.41) is 0.795. The molecule has 0 aromatic heterocycles. The number of carbonyl (C=O) groups is 2. The van der Waals surface area contributed by atoms with Crippen molar-refractivity contribution in [3.05, 3.63) is 35.4 Å². The van der Waals surface area contributed by atoms with Gasteiger partial charge in [0.05, 0.1) is 0 Å². The van der Waals surface area contributed by atoms with Crippen molar-refractivity contribution in [3.63, 3.8) is 0 Å². The summed E-state index contributed by atoms with van der Waals surface area (Å²) >= 11 is 0. The molecule has 12 heteroatoms. The number of nitrogens with one attached hydrogen (secondary N) is 2. The van der Waals surface area contributed by atoms with Crippen LogP contribution in [0.4, 0.5) is 9.59 Å². The van der Waals surface area contributed by atoms with E-state index in [9.17, 15) is 26.4 Å². The summed E-state index contributed by atoms with van der Waals surface area (Å²) in [5.74, 6) is 0. The first-order chi connectivity index (χ1) is 10.00. The van der Waals surface area contributed by atoms with Crippen LogP contribution in [0.2, 0.25) is 0 Å². The Morgan fingerprint density at radius 2 is 1.23 bits per heavy atom. The Bertz CT molecular complexity index is 722. The molecule has 0 spiro atoms. The molecule has 2 amide bonds. The minimum atomic E-state index is -4.82. The van der Waals surface area contributed by atoms with Gasteiger partial charge < -0.3 is 10.6 Å². The van der Waals surface area contributed by atoms with Crippen molar-refractivity contribution in [2.45, 2.75) is 13.1 Å². The van der Waals surface area contributed by atoms with Crippen LogP contribution < -0.4 is 10.6 Å². The van der Waals surface area contributed by atoms with E-state index in [0.29, 0.717) is 11.1 Å². The Balaban J connectivity index is 2.67. The lowest BCUT2D eigenvalue weighted by Crippen LogP contribution is -2.29. The van der Waals surface area contributed by atoms with Crippen LogP contribution in [0.5, 0.6) is 0 Å². The van der Waals surface area contributed by atoms with Crippen LogP contribution in [0.25, 0.3) is 0 Å². The molecular formula is C10H12N2O8S2. The van der Waals surface area contributed by atoms with E-state index in [0.717, 1.165) is 0 Å². The van der Waals surface area contributed by atoms with Gasteiger partial charge in [-0.2, -0.15) is 16.8 Å². The predicted molar refractivity (Wildman–Crippen MR) is 74.0 cm³/mol. The summed E-state index contributed by atoms with van der Waals surface area (Å²) in [7, 11) is -9.64. The zero-order valence-electron chi connectivity index (χ0n) is 10.9. The molecule has 0 atom stereocenters. The molecule has 10 nitrogen and oxygen atoms in total. The summed E-state index contributed by atoms with van der Waals surface area (Å²) < 4.78 is 59.0. The second kappa shape index (κ2) is 6.83. The second-order valence-corrected chi connectivity index (χ2v) is 6.69. The first-order valence-electron chi connectivity index (χ1n) is 5.58. The zero-order chi connectivity index (χ0) is 17.0. The average Bonchev–Trinajstić information content (AvgIpc) is 2.40. The number of hydrogen-bond donors (Lipinski definition) is 4. The highest BCUT2D eigenvalue weighted by molar-refractivity contribution is 8.01. The molecule has 0 aliphatic heterocycles. The molecule has 122 valence electrons. The molecule has 1 aromatic carbocycles. The Morgan fingerprint density at radius 1 is 0.864 bits per heavy atom. The van der Waals surface area contributed by atoms with Gasteiger partial charge in [-0.3, -0.25) is 18.7 Å². The third-order valence-corrected chi connectivity index (χ3v) is 3.56. The van der Waals surface area contributed by atoms with Crippen molar-refractivity contribution in [2.75, 3.05) is 0 Å². The standard InChI is InChI=1S/C10H12N2O8S2/c13-9(21(15,16)17)11-5-7-2-1-3-8(4-7)6-12-10(14)22(18,19)20/h1-4H,5-6H2,(H,11,13)(H,12,14)(H,15,16,17)(H,18,19,20). The van der Waals surface area contributed by atoms with Crippen molar-refractivity contribution in [2.24, 2.45) is 0 Å². The maximum atomic E-state index is 10.9. The summed E-state index contributed by atoms with van der Waals surface area (Å²) in [6.07, 6.45) is 0. The molecule has 0 unspecified atom stereocenters. The van der Waals surface area contributed by atoms with Crippen molar-refractivity contribution < 1.29 is 35.5 Å². The molecule has 0 saturated heterocycles. The Morgan fingerprint density at radius 3 is 1.55 bits per heavy atom. The number of rotatable bonds is 4. The van der Waals surface area contributed by atoms with E-state index in [1.165, 1.54) is 24.3 Å². The molecule has 1 rings (SSSR count). The molecule has 0 aliphatic rings. The number of amides is 2. The average molecular weight is 352 g/mol. The van der Waals surface area contributed by atoms with Crippen molar-refractivity contribution in [3.8, 4) is 0 Å². The maximum Gasteiger partial charge on any atom is 0.363 e. The zero-order valence-corrected chi connectivity index (χ0v) is 12.5. The van der Waals surface area contributed by atoms with Crippen LogP contribution in [-0.4, -0.2) is 36.4 Å². The lowest BCUT2D eigenvalue weighted by Gasteiger charge is -2.07. The normalized spacial score (nSPS) is 11.7. The van der Waals surface area contributed by atoms with Gasteiger partial charge in [-0.25, -0.2) is 0 Å². The lowest BCUT2D eigenvalue weighted by molar-refractivity contribution is 0.255. The maximum absolute atomic E-state index is 10.9. The van der Waals surface area contributed by atoms with Crippen LogP contribution in [0.3, 0.4) is 0 Å². The van der Waals surface area contributed by atoms with E-state index in [1.54, 1.807) is 0 Å². The fourth-order valence-corrected chi connectivity index (χ4v) is 1.89. The van der Waals surface area contributed by atoms with Crippen LogP contribution in [0.15, 0.2) is 24.3 Å². The van der Waals surface area contributed by atoms with Gasteiger partial charge in [0.1, 0.15) is 0 Å². The Labute approximate surface area is 126 Å². The summed E-state index contributed by atoms with van der Waals surface area (Å²) in [4.78, 5) is 21.9. The number of carbonyl (C=O) groups excluding carboxylic acids is 2. The molecule has 0 fully saturated rings. The van der Waals surface area contributed by atoms with Gasteiger partial charge in [0.25, 0.3) is 0 Å². The monoisotopic (exact) mass is 352 g/mol. The fraction of sp³-hybridized carbons (Fsp3) is 0.200. The van der Waals surface area contributed by atoms with E-state index in [4.69, 9.17) is 9.11 Å². The van der Waals surface area contributed by atoms with Gasteiger partial charge in [0.15, 0.2) is 0 Å². The number of benzene rings is 1. The van der Waals surface area contributed by atoms with E-state index in [1.807, 2.05) is 10.6 Å². The van der Waals surface area contributed by atoms with E-state index in [-0.39, 0.29) is 13.1 Å². The van der Waals surface area contributed by atoms with E-state index < -0.39 is 30.7 Å². The highest BCUT2D eigenvalue weighted by atomic mass is 32.2. The molecule has 0 aliphatic carbocycles. The molecule has 0 saturated carbocycles. The summed E-state index contributed by atoms with van der Waals surface area (Å²) in [6, 6.07) is 6.02. The topological polar surface area (TPSA) is 167 Å². The SMILES string of the molecule is O=C(NCc1cccc(CNC(=O)S(=O)(=O)O)c1)S(=O)(=O)O. The second-order valence-electron chi connectivity index (χ2n) is 4.05. The third-order valence-electron chi connectivity index (χ3n) is 2.33. The molecule has 0 bridgehead atoms. The fourth-order valence-electron chi connectivity index (χ4n) is 1.38. The van der Waals surface area contributed by atoms with Crippen LogP contribution in [0.1, 0.15) is 11.1 Å². The quantitative estimate of drug-likeness (QED) is 0.544. The smallest absolute Gasteiger partial charge is 0.337 e. The Kier molecular flexibility index (Phi) is 5.59.